The zero-order chi connectivity index (χ0) is 21.9. The van der Waals surface area contributed by atoms with Crippen LogP contribution in [0.2, 0.25) is 0 Å². The summed E-state index contributed by atoms with van der Waals surface area (Å²) in [5.74, 6) is 2.62. The van der Waals surface area contributed by atoms with E-state index in [1.54, 1.807) is 7.11 Å². The summed E-state index contributed by atoms with van der Waals surface area (Å²) in [7, 11) is 1.75. The maximum Gasteiger partial charge on any atom is 0.159 e. The molecule has 0 spiro atoms. The summed E-state index contributed by atoms with van der Waals surface area (Å²) < 4.78 is 11.8. The summed E-state index contributed by atoms with van der Waals surface area (Å²) in [6.07, 6.45) is 8.99. The van der Waals surface area contributed by atoms with Crippen LogP contribution in [0.15, 0.2) is 47.4 Å². The van der Waals surface area contributed by atoms with Crippen molar-refractivity contribution in [3.8, 4) is 0 Å². The van der Waals surface area contributed by atoms with Gasteiger partial charge in [-0.05, 0) is 68.7 Å². The zero-order valence-corrected chi connectivity index (χ0v) is 20.2. The molecule has 1 aliphatic rings. The number of hydrogen-bond donors (Lipinski definition) is 0. The van der Waals surface area contributed by atoms with Crippen LogP contribution >= 0.6 is 0 Å². The van der Waals surface area contributed by atoms with Crippen LogP contribution in [0, 0.1) is 12.8 Å². The van der Waals surface area contributed by atoms with Crippen LogP contribution in [0.5, 0.6) is 0 Å². The number of unbranched alkanes of at least 4 members (excludes halogenated alkanes) is 1. The van der Waals surface area contributed by atoms with Crippen LogP contribution in [-0.2, 0) is 15.9 Å². The highest BCUT2D eigenvalue weighted by Gasteiger charge is 2.30. The van der Waals surface area contributed by atoms with E-state index in [1.165, 1.54) is 29.7 Å². The van der Waals surface area contributed by atoms with Gasteiger partial charge in [0.25, 0.3) is 0 Å². The predicted molar refractivity (Wildman–Crippen MR) is 128 cm³/mol. The zero-order valence-electron chi connectivity index (χ0n) is 20.2. The van der Waals surface area contributed by atoms with Crippen LogP contribution in [0.1, 0.15) is 70.9 Å². The molecule has 3 heteroatoms. The van der Waals surface area contributed by atoms with Gasteiger partial charge in [-0.15, -0.1) is 0 Å². The normalized spacial score (nSPS) is 20.9. The minimum Gasteiger partial charge on any atom is -0.497 e. The van der Waals surface area contributed by atoms with E-state index in [9.17, 15) is 0 Å². The molecule has 30 heavy (non-hydrogen) atoms. The van der Waals surface area contributed by atoms with Crippen molar-refractivity contribution < 1.29 is 9.47 Å². The first-order valence-corrected chi connectivity index (χ1v) is 11.9. The Labute approximate surface area is 185 Å². The average molecular weight is 414 g/mol. The maximum absolute atomic E-state index is 6.13. The largest absolute Gasteiger partial charge is 0.497 e. The third-order valence-electron chi connectivity index (χ3n) is 6.42. The van der Waals surface area contributed by atoms with E-state index < -0.39 is 0 Å². The van der Waals surface area contributed by atoms with Crippen molar-refractivity contribution in [1.29, 1.82) is 0 Å². The van der Waals surface area contributed by atoms with E-state index in [0.29, 0.717) is 12.0 Å². The van der Waals surface area contributed by atoms with Crippen molar-refractivity contribution >= 4 is 0 Å². The van der Waals surface area contributed by atoms with Crippen molar-refractivity contribution in [2.24, 2.45) is 5.92 Å². The first-order valence-electron chi connectivity index (χ1n) is 11.9. The summed E-state index contributed by atoms with van der Waals surface area (Å²) in [5, 5.41) is 0. The SMILES string of the molecule is CCCCOC(/C(C)=C\CC1CC(Cc2ccccc2C)N(CC)C1)=C(/CC)OC. The number of hydrogen-bond acceptors (Lipinski definition) is 3. The second-order valence-electron chi connectivity index (χ2n) is 8.61. The van der Waals surface area contributed by atoms with E-state index in [2.05, 4.69) is 69.9 Å². The molecule has 0 radical (unpaired) electrons. The molecule has 1 saturated heterocycles. The molecular weight excluding hydrogens is 370 g/mol. The fraction of sp³-hybridized carbons (Fsp3) is 0.630. The highest BCUT2D eigenvalue weighted by molar-refractivity contribution is 5.28. The monoisotopic (exact) mass is 413 g/mol. The van der Waals surface area contributed by atoms with E-state index >= 15 is 0 Å². The average Bonchev–Trinajstić information content (AvgIpc) is 3.15. The number of allylic oxidation sites excluding steroid dienone is 3. The lowest BCUT2D eigenvalue weighted by molar-refractivity contribution is 0.176. The first-order chi connectivity index (χ1) is 14.5. The number of likely N-dealkylation sites (tertiary alicyclic amines) is 1. The molecule has 1 aromatic rings. The Morgan fingerprint density at radius 3 is 2.60 bits per heavy atom. The minimum atomic E-state index is 0.649. The lowest BCUT2D eigenvalue weighted by Gasteiger charge is -2.23. The lowest BCUT2D eigenvalue weighted by atomic mass is 9.95. The molecule has 2 atom stereocenters. The molecule has 0 aromatic heterocycles. The predicted octanol–water partition coefficient (Wildman–Crippen LogP) is 6.67. The van der Waals surface area contributed by atoms with Gasteiger partial charge in [0.1, 0.15) is 5.76 Å². The maximum atomic E-state index is 6.13. The molecule has 168 valence electrons. The number of methoxy groups -OCH3 is 1. The second-order valence-corrected chi connectivity index (χ2v) is 8.61. The Bertz CT molecular complexity index is 701. The Balaban J connectivity index is 2.04. The molecule has 1 fully saturated rings. The fourth-order valence-electron chi connectivity index (χ4n) is 4.52. The smallest absolute Gasteiger partial charge is 0.159 e. The van der Waals surface area contributed by atoms with E-state index in [-0.39, 0.29) is 0 Å². The van der Waals surface area contributed by atoms with E-state index in [1.807, 2.05) is 0 Å². The number of nitrogens with zero attached hydrogens (tertiary/aromatic N) is 1. The van der Waals surface area contributed by atoms with Crippen LogP contribution in [0.25, 0.3) is 0 Å². The Hall–Kier alpha value is -1.74. The van der Waals surface area contributed by atoms with Crippen molar-refractivity contribution in [3.05, 3.63) is 58.6 Å². The molecule has 2 rings (SSSR count). The highest BCUT2D eigenvalue weighted by Crippen LogP contribution is 2.30. The summed E-state index contributed by atoms with van der Waals surface area (Å²) in [6, 6.07) is 9.49. The Morgan fingerprint density at radius 2 is 1.97 bits per heavy atom. The van der Waals surface area contributed by atoms with Crippen molar-refractivity contribution in [2.75, 3.05) is 26.8 Å². The molecule has 0 aliphatic carbocycles. The Morgan fingerprint density at radius 1 is 1.20 bits per heavy atom. The standard InChI is InChI=1S/C27H43NO2/c1-7-10-17-30-27(26(8-2)29-6)22(5)15-16-23-18-25(28(9-3)20-23)19-24-14-12-11-13-21(24)4/h11-15,23,25H,7-10,16-20H2,1-6H3/b22-15-,27-26-. The van der Waals surface area contributed by atoms with Crippen LogP contribution in [0.3, 0.4) is 0 Å². The summed E-state index contributed by atoms with van der Waals surface area (Å²) >= 11 is 0. The van der Waals surface area contributed by atoms with Crippen molar-refractivity contribution in [1.82, 2.24) is 4.90 Å². The van der Waals surface area contributed by atoms with Gasteiger partial charge < -0.3 is 14.4 Å². The number of likely N-dealkylation sites (N-methyl/N-ethyl adjacent to an activating group) is 1. The van der Waals surface area contributed by atoms with Crippen molar-refractivity contribution in [2.45, 2.75) is 79.2 Å². The molecule has 3 nitrogen and oxygen atoms in total. The number of ether oxygens (including phenoxy) is 2. The molecule has 1 aromatic carbocycles. The van der Waals surface area contributed by atoms with Crippen LogP contribution in [0.4, 0.5) is 0 Å². The van der Waals surface area contributed by atoms with Crippen LogP contribution in [-0.4, -0.2) is 37.7 Å². The van der Waals surface area contributed by atoms with Gasteiger partial charge in [-0.2, -0.15) is 0 Å². The van der Waals surface area contributed by atoms with Gasteiger partial charge >= 0.3 is 0 Å². The molecule has 0 amide bonds. The molecule has 0 saturated carbocycles. The van der Waals surface area contributed by atoms with Crippen LogP contribution < -0.4 is 0 Å². The molecule has 0 N–H and O–H groups in total. The molecule has 1 aliphatic heterocycles. The van der Waals surface area contributed by atoms with Crippen molar-refractivity contribution in [3.63, 3.8) is 0 Å². The topological polar surface area (TPSA) is 21.7 Å². The van der Waals surface area contributed by atoms with Gasteiger partial charge in [-0.3, -0.25) is 0 Å². The highest BCUT2D eigenvalue weighted by atomic mass is 16.5. The molecule has 0 bridgehead atoms. The van der Waals surface area contributed by atoms with Gasteiger partial charge in [-0.25, -0.2) is 0 Å². The fourth-order valence-corrected chi connectivity index (χ4v) is 4.52. The van der Waals surface area contributed by atoms with E-state index in [4.69, 9.17) is 9.47 Å². The number of rotatable bonds is 12. The van der Waals surface area contributed by atoms with Gasteiger partial charge in [-0.1, -0.05) is 57.5 Å². The molecular formula is C27H43NO2. The lowest BCUT2D eigenvalue weighted by Crippen LogP contribution is -2.31. The Kier molecular flexibility index (Phi) is 10.5. The van der Waals surface area contributed by atoms with Gasteiger partial charge in [0.05, 0.1) is 13.7 Å². The minimum absolute atomic E-state index is 0.649. The third-order valence-corrected chi connectivity index (χ3v) is 6.42. The van der Waals surface area contributed by atoms with Gasteiger partial charge in [0.2, 0.25) is 0 Å². The summed E-state index contributed by atoms with van der Waals surface area (Å²) in [6.45, 7) is 14.1. The molecule has 2 unspecified atom stereocenters. The van der Waals surface area contributed by atoms with E-state index in [0.717, 1.165) is 56.8 Å². The third kappa shape index (κ3) is 6.91. The quantitative estimate of drug-likeness (QED) is 0.217. The summed E-state index contributed by atoms with van der Waals surface area (Å²) in [4.78, 5) is 2.67. The second kappa shape index (κ2) is 12.8. The first kappa shape index (κ1) is 24.5. The van der Waals surface area contributed by atoms with Gasteiger partial charge in [0, 0.05) is 19.0 Å². The molecule has 1 heterocycles. The van der Waals surface area contributed by atoms with Gasteiger partial charge in [0.15, 0.2) is 5.76 Å². The number of benzene rings is 1. The number of aryl methyl sites for hydroxylation is 1. The summed E-state index contributed by atoms with van der Waals surface area (Å²) in [5.41, 5.74) is 4.13.